The number of anilines is 2. The van der Waals surface area contributed by atoms with Gasteiger partial charge in [0.05, 0.1) is 83.8 Å². The summed E-state index contributed by atoms with van der Waals surface area (Å²) >= 11 is 0. The summed E-state index contributed by atoms with van der Waals surface area (Å²) in [5, 5.41) is 25.7. The largest absolute Gasteiger partial charge is 0.463 e. The second kappa shape index (κ2) is 28.3. The molecule has 4 aromatic rings. The lowest BCUT2D eigenvalue weighted by atomic mass is 9.92. The topological polar surface area (TPSA) is 171 Å². The lowest BCUT2D eigenvalue weighted by Gasteiger charge is -2.43. The van der Waals surface area contributed by atoms with Crippen LogP contribution < -0.4 is 20.4 Å². The molecule has 404 valence electrons. The number of rotatable bonds is 23. The van der Waals surface area contributed by atoms with Gasteiger partial charge in [-0.25, -0.2) is 28.0 Å². The summed E-state index contributed by atoms with van der Waals surface area (Å²) in [7, 11) is 0.500. The number of nitriles is 2. The second-order valence-electron chi connectivity index (χ2n) is 17.5. The summed E-state index contributed by atoms with van der Waals surface area (Å²) in [5.41, 5.74) is 1.34. The number of amides is 4. The fourth-order valence-electron chi connectivity index (χ4n) is 9.18. The van der Waals surface area contributed by atoms with Crippen molar-refractivity contribution in [1.82, 2.24) is 20.4 Å². The molecule has 0 aromatic heterocycles. The normalized spacial score (nSPS) is 15.9. The van der Waals surface area contributed by atoms with Gasteiger partial charge in [-0.05, 0) is 145 Å². The van der Waals surface area contributed by atoms with E-state index in [1.807, 2.05) is 0 Å². The monoisotopic (exact) mass is 1060 g/mol. The third-order valence-electron chi connectivity index (χ3n) is 12.7. The number of carbonyl (C=O) groups excluding carboxylic acids is 4. The van der Waals surface area contributed by atoms with Gasteiger partial charge in [0.1, 0.15) is 0 Å². The van der Waals surface area contributed by atoms with Crippen LogP contribution in [0, 0.1) is 22.7 Å². The van der Waals surface area contributed by atoms with E-state index >= 15 is 0 Å². The van der Waals surface area contributed by atoms with Crippen LogP contribution in [0.2, 0.25) is 0 Å². The van der Waals surface area contributed by atoms with Crippen molar-refractivity contribution in [2.24, 2.45) is 0 Å². The minimum atomic E-state index is -4.68. The lowest BCUT2D eigenvalue weighted by Crippen LogP contribution is -2.51. The van der Waals surface area contributed by atoms with Gasteiger partial charge in [-0.3, -0.25) is 14.2 Å². The standard InChI is InChI=1S/C55H59F5N8O6.CH3F/c1-5-73-51(69)46-36(3)67(44-16-10-14-42(32-44)50(56)57)53(71)65(48(46)40-22-18-38(34-61)19-23-40)30-12-28-63-26-8-7-9-27-64-29-13-31-66-49(41-24-20-39(35-62)21-25-41)47(52(70)74-6-2)37(4)68(54(66)72)45-17-11-15-43(33-45)55(58,59)60;1-2/h10-11,14-25,32-33,48-50,63-64H,5-9,12-13,26-31H2,1-4H3;1H3. The van der Waals surface area contributed by atoms with E-state index < -0.39 is 54.2 Å². The molecule has 20 heteroatoms. The van der Waals surface area contributed by atoms with Crippen molar-refractivity contribution in [2.45, 2.75) is 84.5 Å². The maximum atomic E-state index is 14.5. The Kier molecular flexibility index (Phi) is 22.0. The van der Waals surface area contributed by atoms with Crippen LogP contribution in [0.1, 0.15) is 112 Å². The van der Waals surface area contributed by atoms with Crippen molar-refractivity contribution in [3.63, 3.8) is 0 Å². The van der Waals surface area contributed by atoms with Gasteiger partial charge >= 0.3 is 30.2 Å². The van der Waals surface area contributed by atoms with Gasteiger partial charge in [0.25, 0.3) is 6.43 Å². The smallest absolute Gasteiger partial charge is 0.416 e. The zero-order valence-electron chi connectivity index (χ0n) is 43.1. The van der Waals surface area contributed by atoms with E-state index in [1.165, 1.54) is 58.0 Å². The fourth-order valence-corrected chi connectivity index (χ4v) is 9.18. The first kappa shape index (κ1) is 59.2. The molecule has 4 aromatic carbocycles. The van der Waals surface area contributed by atoms with Crippen LogP contribution in [-0.2, 0) is 25.2 Å². The van der Waals surface area contributed by atoms with E-state index in [0.29, 0.717) is 68.5 Å². The number of alkyl halides is 6. The third-order valence-corrected chi connectivity index (χ3v) is 12.7. The zero-order valence-corrected chi connectivity index (χ0v) is 43.1. The van der Waals surface area contributed by atoms with Crippen molar-refractivity contribution < 1.29 is 55.0 Å². The third kappa shape index (κ3) is 14.4. The van der Waals surface area contributed by atoms with Crippen LogP contribution in [0.5, 0.6) is 0 Å². The Balaban J connectivity index is 0.00000527. The Morgan fingerprint density at radius 2 is 1.03 bits per heavy atom. The van der Waals surface area contributed by atoms with Gasteiger partial charge in [-0.1, -0.05) is 48.9 Å². The van der Waals surface area contributed by atoms with Crippen molar-refractivity contribution in [1.29, 1.82) is 10.5 Å². The molecule has 76 heavy (non-hydrogen) atoms. The molecule has 4 amide bonds. The Morgan fingerprint density at radius 1 is 0.618 bits per heavy atom. The minimum absolute atomic E-state index is 0.0140. The van der Waals surface area contributed by atoms with E-state index in [-0.39, 0.29) is 65.8 Å². The molecule has 2 heterocycles. The quantitative estimate of drug-likeness (QED) is 0.0414. The molecule has 2 aliphatic heterocycles. The molecular weight excluding hydrogens is 995 g/mol. The molecule has 0 bridgehead atoms. The fraction of sp³-hybridized carbons (Fsp3) is 0.393. The van der Waals surface area contributed by atoms with Crippen molar-refractivity contribution in [3.8, 4) is 12.1 Å². The second-order valence-corrected chi connectivity index (χ2v) is 17.5. The molecule has 6 rings (SSSR count). The highest BCUT2D eigenvalue weighted by Gasteiger charge is 2.45. The van der Waals surface area contributed by atoms with Crippen molar-refractivity contribution in [2.75, 3.05) is 69.5 Å². The lowest BCUT2D eigenvalue weighted by molar-refractivity contribution is -0.140. The maximum Gasteiger partial charge on any atom is 0.416 e. The number of esters is 2. The summed E-state index contributed by atoms with van der Waals surface area (Å²) in [5.74, 6) is -1.39. The summed E-state index contributed by atoms with van der Waals surface area (Å²) in [6.07, 6.45) is -4.08. The highest BCUT2D eigenvalue weighted by atomic mass is 19.4. The number of hydrogen-bond acceptors (Lipinski definition) is 10. The molecule has 2 atom stereocenters. The number of allylic oxidation sites excluding steroid dienone is 2. The molecule has 14 nitrogen and oxygen atoms in total. The molecule has 0 spiro atoms. The molecular formula is C56H62F6N8O6. The van der Waals surface area contributed by atoms with Gasteiger partial charge in [-0.15, -0.1) is 0 Å². The van der Waals surface area contributed by atoms with Crippen LogP contribution in [0.4, 0.5) is 47.3 Å². The number of carbonyl (C=O) groups is 4. The molecule has 0 fully saturated rings. The van der Waals surface area contributed by atoms with E-state index in [0.717, 1.165) is 36.3 Å². The van der Waals surface area contributed by atoms with Crippen LogP contribution in [0.3, 0.4) is 0 Å². The van der Waals surface area contributed by atoms with Gasteiger partial charge < -0.3 is 29.9 Å². The number of nitrogens with one attached hydrogen (secondary N) is 2. The predicted octanol–water partition coefficient (Wildman–Crippen LogP) is 11.4. The molecule has 2 unspecified atom stereocenters. The van der Waals surface area contributed by atoms with Gasteiger partial charge in [0.2, 0.25) is 0 Å². The number of nitrogens with zero attached hydrogens (tertiary/aromatic N) is 6. The van der Waals surface area contributed by atoms with Crippen molar-refractivity contribution >= 4 is 35.4 Å². The average molecular weight is 1060 g/mol. The average Bonchev–Trinajstić information content (AvgIpc) is 3.41. The number of hydrogen-bond donors (Lipinski definition) is 2. The Labute approximate surface area is 439 Å². The van der Waals surface area contributed by atoms with Gasteiger partial charge in [0, 0.05) is 30.0 Å². The number of benzene rings is 4. The van der Waals surface area contributed by atoms with Crippen LogP contribution in [0.25, 0.3) is 0 Å². The zero-order chi connectivity index (χ0) is 55.5. The van der Waals surface area contributed by atoms with Crippen LogP contribution in [0.15, 0.2) is 120 Å². The Bertz CT molecular complexity index is 2790. The maximum absolute atomic E-state index is 14.5. The molecule has 2 N–H and O–H groups in total. The SMILES string of the molecule is CCOC(=O)C1=C(C)N(c2cccc(C(F)F)c2)C(=O)N(CCCNCCCCCNCCCN2C(=O)N(c3cccc(C(F)(F)F)c3)C(C)=C(C(=O)OCC)C2c2ccc(C#N)cc2)C1c1ccc(C#N)cc1.CF. The molecule has 0 radical (unpaired) electrons. The molecule has 0 saturated heterocycles. The molecule has 2 aliphatic rings. The number of halogens is 6. The van der Waals surface area contributed by atoms with E-state index in [1.54, 1.807) is 69.3 Å². The minimum Gasteiger partial charge on any atom is -0.463 e. The Hall–Kier alpha value is -7.68. The molecule has 0 saturated carbocycles. The molecule has 0 aliphatic carbocycles. The van der Waals surface area contributed by atoms with Crippen LogP contribution in [-0.4, -0.2) is 93.5 Å². The van der Waals surface area contributed by atoms with Crippen molar-refractivity contribution in [3.05, 3.63) is 153 Å². The predicted molar refractivity (Wildman–Crippen MR) is 274 cm³/mol. The highest BCUT2D eigenvalue weighted by molar-refractivity contribution is 6.04. The summed E-state index contributed by atoms with van der Waals surface area (Å²) in [4.78, 5) is 61.7. The van der Waals surface area contributed by atoms with Crippen LogP contribution >= 0.6 is 0 Å². The van der Waals surface area contributed by atoms with E-state index in [2.05, 4.69) is 22.8 Å². The number of urea groups is 2. The number of unbranched alkanes of at least 4 members (excludes halogenated alkanes) is 2. The summed E-state index contributed by atoms with van der Waals surface area (Å²) < 4.78 is 89.6. The first-order chi connectivity index (χ1) is 36.6. The summed E-state index contributed by atoms with van der Waals surface area (Å²) in [6, 6.07) is 24.0. The highest BCUT2D eigenvalue weighted by Crippen LogP contribution is 2.43. The van der Waals surface area contributed by atoms with Gasteiger partial charge in [-0.2, -0.15) is 23.7 Å². The first-order valence-corrected chi connectivity index (χ1v) is 24.9. The van der Waals surface area contributed by atoms with Gasteiger partial charge in [0.15, 0.2) is 0 Å². The number of ether oxygens (including phenoxy) is 2. The summed E-state index contributed by atoms with van der Waals surface area (Å²) in [6.45, 7) is 9.05. The first-order valence-electron chi connectivity index (χ1n) is 24.9. The van der Waals surface area contributed by atoms with E-state index in [9.17, 15) is 56.0 Å². The van der Waals surface area contributed by atoms with E-state index in [4.69, 9.17) is 9.47 Å². The Morgan fingerprint density at radius 3 is 1.42 bits per heavy atom.